The summed E-state index contributed by atoms with van der Waals surface area (Å²) in [4.78, 5) is 11.6. The van der Waals surface area contributed by atoms with E-state index >= 15 is 0 Å². The summed E-state index contributed by atoms with van der Waals surface area (Å²) in [5, 5.41) is 6.84. The van der Waals surface area contributed by atoms with Gasteiger partial charge in [0.2, 0.25) is 5.89 Å². The predicted molar refractivity (Wildman–Crippen MR) is 118 cm³/mol. The van der Waals surface area contributed by atoms with Crippen LogP contribution in [0.1, 0.15) is 51.0 Å². The van der Waals surface area contributed by atoms with Crippen molar-refractivity contribution in [2.75, 3.05) is 32.7 Å². The standard InChI is InChI=1S/C19H35N5O.HI/c1-6-20-19(21-11-14(2)3)22-12-17-7-9-24(10-8-17)13-18-23-15(4)16(5)25-18;/h14,17H,6-13H2,1-5H3,(H2,20,21,22);1H. The summed E-state index contributed by atoms with van der Waals surface area (Å²) in [6, 6.07) is 0. The first-order valence-corrected chi connectivity index (χ1v) is 9.65. The first kappa shape index (κ1) is 23.2. The normalized spacial score (nSPS) is 16.6. The van der Waals surface area contributed by atoms with Crippen LogP contribution in [0.5, 0.6) is 0 Å². The van der Waals surface area contributed by atoms with Crippen LogP contribution in [0.15, 0.2) is 9.41 Å². The van der Waals surface area contributed by atoms with Gasteiger partial charge >= 0.3 is 0 Å². The number of guanidine groups is 1. The van der Waals surface area contributed by atoms with Gasteiger partial charge in [0, 0.05) is 19.6 Å². The second kappa shape index (κ2) is 11.8. The van der Waals surface area contributed by atoms with Crippen LogP contribution in [0, 0.1) is 25.7 Å². The molecule has 1 aliphatic rings. The Morgan fingerprint density at radius 1 is 1.27 bits per heavy atom. The zero-order chi connectivity index (χ0) is 18.2. The highest BCUT2D eigenvalue weighted by Gasteiger charge is 2.21. The number of hydrogen-bond donors (Lipinski definition) is 2. The van der Waals surface area contributed by atoms with Gasteiger partial charge in [0.1, 0.15) is 5.76 Å². The number of nitrogens with one attached hydrogen (secondary N) is 2. The Hall–Kier alpha value is -0.830. The van der Waals surface area contributed by atoms with Gasteiger partial charge in [-0.2, -0.15) is 0 Å². The van der Waals surface area contributed by atoms with Crippen LogP contribution in [0.4, 0.5) is 0 Å². The van der Waals surface area contributed by atoms with Gasteiger partial charge in [-0.1, -0.05) is 13.8 Å². The molecule has 0 saturated carbocycles. The van der Waals surface area contributed by atoms with Crippen molar-refractivity contribution in [3.05, 3.63) is 17.3 Å². The Balaban J connectivity index is 0.00000338. The summed E-state index contributed by atoms with van der Waals surface area (Å²) in [5.74, 6) is 4.02. The summed E-state index contributed by atoms with van der Waals surface area (Å²) in [7, 11) is 0. The van der Waals surface area contributed by atoms with Crippen molar-refractivity contribution in [1.82, 2.24) is 20.5 Å². The van der Waals surface area contributed by atoms with Crippen LogP contribution in [0.25, 0.3) is 0 Å². The first-order valence-electron chi connectivity index (χ1n) is 9.65. The highest BCUT2D eigenvalue weighted by molar-refractivity contribution is 14.0. The van der Waals surface area contributed by atoms with Gasteiger partial charge in [0.25, 0.3) is 0 Å². The maximum Gasteiger partial charge on any atom is 0.208 e. The third-order valence-corrected chi connectivity index (χ3v) is 4.66. The Morgan fingerprint density at radius 3 is 2.50 bits per heavy atom. The van der Waals surface area contributed by atoms with Crippen LogP contribution in [0.3, 0.4) is 0 Å². The van der Waals surface area contributed by atoms with Crippen molar-refractivity contribution >= 4 is 29.9 Å². The average molecular weight is 477 g/mol. The number of aliphatic imine (C=N–C) groups is 1. The molecule has 0 amide bonds. The number of likely N-dealkylation sites (tertiary alicyclic amines) is 1. The number of halogens is 1. The van der Waals surface area contributed by atoms with Gasteiger partial charge in [0.15, 0.2) is 5.96 Å². The number of piperidine rings is 1. The molecule has 6 nitrogen and oxygen atoms in total. The van der Waals surface area contributed by atoms with E-state index in [1.54, 1.807) is 0 Å². The number of oxazole rings is 1. The maximum atomic E-state index is 5.71. The second-order valence-corrected chi connectivity index (χ2v) is 7.46. The molecule has 0 aromatic carbocycles. The molecule has 1 aliphatic heterocycles. The molecule has 0 atom stereocenters. The molecule has 1 aromatic rings. The van der Waals surface area contributed by atoms with E-state index < -0.39 is 0 Å². The Kier molecular flexibility index (Phi) is 10.5. The highest BCUT2D eigenvalue weighted by Crippen LogP contribution is 2.19. The van der Waals surface area contributed by atoms with Crippen LogP contribution in [0.2, 0.25) is 0 Å². The van der Waals surface area contributed by atoms with E-state index in [9.17, 15) is 0 Å². The lowest BCUT2D eigenvalue weighted by molar-refractivity contribution is 0.164. The number of nitrogens with zero attached hydrogens (tertiary/aromatic N) is 3. The fourth-order valence-corrected chi connectivity index (χ4v) is 3.00. The molecule has 0 aliphatic carbocycles. The zero-order valence-corrected chi connectivity index (χ0v) is 19.3. The van der Waals surface area contributed by atoms with Gasteiger partial charge in [0.05, 0.1) is 12.2 Å². The summed E-state index contributed by atoms with van der Waals surface area (Å²) in [6.45, 7) is 16.3. The molecule has 0 bridgehead atoms. The van der Waals surface area contributed by atoms with E-state index in [4.69, 9.17) is 4.42 Å². The van der Waals surface area contributed by atoms with E-state index in [2.05, 4.69) is 46.3 Å². The molecule has 0 unspecified atom stereocenters. The van der Waals surface area contributed by atoms with Gasteiger partial charge in [-0.25, -0.2) is 4.98 Å². The van der Waals surface area contributed by atoms with Gasteiger partial charge < -0.3 is 15.1 Å². The van der Waals surface area contributed by atoms with E-state index in [1.165, 1.54) is 12.8 Å². The molecule has 2 rings (SSSR count). The average Bonchev–Trinajstić information content (AvgIpc) is 2.89. The molecule has 2 N–H and O–H groups in total. The first-order chi connectivity index (χ1) is 12.0. The molecule has 1 fully saturated rings. The Bertz CT molecular complexity index is 531. The lowest BCUT2D eigenvalue weighted by Gasteiger charge is -2.31. The van der Waals surface area contributed by atoms with Crippen LogP contribution >= 0.6 is 24.0 Å². The van der Waals surface area contributed by atoms with E-state index in [1.807, 2.05) is 13.8 Å². The Morgan fingerprint density at radius 2 is 1.96 bits per heavy atom. The summed E-state index contributed by atoms with van der Waals surface area (Å²) < 4.78 is 5.71. The minimum absolute atomic E-state index is 0. The van der Waals surface area contributed by atoms with Crippen LogP contribution < -0.4 is 10.6 Å². The van der Waals surface area contributed by atoms with Crippen molar-refractivity contribution in [1.29, 1.82) is 0 Å². The predicted octanol–water partition coefficient (Wildman–Crippen LogP) is 3.33. The van der Waals surface area contributed by atoms with Gasteiger partial charge in [-0.3, -0.25) is 9.89 Å². The SMILES string of the molecule is CCNC(=NCC(C)C)NCC1CCN(Cc2nc(C)c(C)o2)CC1.I. The number of aromatic nitrogens is 1. The van der Waals surface area contributed by atoms with Crippen molar-refractivity contribution in [2.45, 2.75) is 54.0 Å². The van der Waals surface area contributed by atoms with Gasteiger partial charge in [-0.05, 0) is 58.5 Å². The molecule has 0 radical (unpaired) electrons. The fourth-order valence-electron chi connectivity index (χ4n) is 3.00. The number of rotatable bonds is 7. The Labute approximate surface area is 175 Å². The van der Waals surface area contributed by atoms with Gasteiger partial charge in [-0.15, -0.1) is 24.0 Å². The van der Waals surface area contributed by atoms with E-state index in [0.29, 0.717) is 11.8 Å². The second-order valence-electron chi connectivity index (χ2n) is 7.46. The largest absolute Gasteiger partial charge is 0.444 e. The highest BCUT2D eigenvalue weighted by atomic mass is 127. The van der Waals surface area contributed by atoms with Crippen LogP contribution in [-0.2, 0) is 6.54 Å². The topological polar surface area (TPSA) is 65.7 Å². The molecule has 7 heteroatoms. The minimum Gasteiger partial charge on any atom is -0.444 e. The van der Waals surface area contributed by atoms with Crippen molar-refractivity contribution < 1.29 is 4.42 Å². The number of aryl methyl sites for hydroxylation is 2. The molecule has 1 saturated heterocycles. The summed E-state index contributed by atoms with van der Waals surface area (Å²) in [5.41, 5.74) is 1.01. The maximum absolute atomic E-state index is 5.71. The monoisotopic (exact) mass is 477 g/mol. The van der Waals surface area contributed by atoms with Crippen molar-refractivity contribution in [3.63, 3.8) is 0 Å². The van der Waals surface area contributed by atoms with Crippen molar-refractivity contribution in [2.24, 2.45) is 16.8 Å². The number of hydrogen-bond acceptors (Lipinski definition) is 4. The third-order valence-electron chi connectivity index (χ3n) is 4.66. The molecule has 1 aromatic heterocycles. The summed E-state index contributed by atoms with van der Waals surface area (Å²) >= 11 is 0. The van der Waals surface area contributed by atoms with E-state index in [-0.39, 0.29) is 24.0 Å². The molecular weight excluding hydrogens is 441 g/mol. The molecule has 2 heterocycles. The zero-order valence-electron chi connectivity index (χ0n) is 17.0. The minimum atomic E-state index is 0. The molecule has 0 spiro atoms. The molecule has 26 heavy (non-hydrogen) atoms. The quantitative estimate of drug-likeness (QED) is 0.358. The summed E-state index contributed by atoms with van der Waals surface area (Å²) in [6.07, 6.45) is 2.41. The molecular formula is C19H36IN5O. The lowest BCUT2D eigenvalue weighted by Crippen LogP contribution is -2.43. The smallest absolute Gasteiger partial charge is 0.208 e. The van der Waals surface area contributed by atoms with E-state index in [0.717, 1.165) is 62.6 Å². The lowest BCUT2D eigenvalue weighted by atomic mass is 9.97. The van der Waals surface area contributed by atoms with Crippen LogP contribution in [-0.4, -0.2) is 48.6 Å². The fraction of sp³-hybridized carbons (Fsp3) is 0.789. The third kappa shape index (κ3) is 7.82. The molecule has 150 valence electrons. The van der Waals surface area contributed by atoms with Crippen molar-refractivity contribution in [3.8, 4) is 0 Å².